The van der Waals surface area contributed by atoms with E-state index in [2.05, 4.69) is 64.1 Å². The highest BCUT2D eigenvalue weighted by Crippen LogP contribution is 2.32. The Labute approximate surface area is 133 Å². The van der Waals surface area contributed by atoms with Gasteiger partial charge in [-0.15, -0.1) is 0 Å². The van der Waals surface area contributed by atoms with Gasteiger partial charge in [0, 0.05) is 16.7 Å². The van der Waals surface area contributed by atoms with Crippen LogP contribution in [0.15, 0.2) is 52.1 Å². The van der Waals surface area contributed by atoms with E-state index in [1.807, 2.05) is 18.2 Å². The molecule has 0 amide bonds. The molecule has 0 fully saturated rings. The van der Waals surface area contributed by atoms with Crippen molar-refractivity contribution in [1.82, 2.24) is 0 Å². The molecule has 3 N–H and O–H groups in total. The minimum absolute atomic E-state index is 0.0861. The van der Waals surface area contributed by atoms with E-state index in [0.717, 1.165) is 22.4 Å². The number of anilines is 2. The Morgan fingerprint density at radius 3 is 2.48 bits per heavy atom. The molecule has 110 valence electrons. The summed E-state index contributed by atoms with van der Waals surface area (Å²) in [5.74, 6) is 0.0861. The molecule has 0 saturated heterocycles. The van der Waals surface area contributed by atoms with Gasteiger partial charge in [0.25, 0.3) is 0 Å². The number of rotatable bonds is 4. The second kappa shape index (κ2) is 6.63. The topological polar surface area (TPSA) is 61.8 Å². The average molecular weight is 348 g/mol. The van der Waals surface area contributed by atoms with Gasteiger partial charge >= 0.3 is 0 Å². The Morgan fingerprint density at radius 1 is 1.24 bits per heavy atom. The van der Waals surface area contributed by atoms with Crippen LogP contribution in [0, 0.1) is 6.92 Å². The van der Waals surface area contributed by atoms with Gasteiger partial charge in [-0.2, -0.15) is 0 Å². The van der Waals surface area contributed by atoms with E-state index in [0.29, 0.717) is 5.56 Å². The summed E-state index contributed by atoms with van der Waals surface area (Å²) in [7, 11) is 0. The van der Waals surface area contributed by atoms with Gasteiger partial charge in [-0.3, -0.25) is 0 Å². The standard InChI is InChI=1S/C16H18BrN3O/c1-3-20(12-9-7-11(2)8-10-12)14-6-4-5-13(17)15(14)16(18)19-21/h4-10,21H,3H2,1-2H3,(H2,18,19). The van der Waals surface area contributed by atoms with Gasteiger partial charge in [0.1, 0.15) is 0 Å². The molecule has 2 aromatic carbocycles. The second-order valence-electron chi connectivity index (χ2n) is 4.70. The summed E-state index contributed by atoms with van der Waals surface area (Å²) in [5, 5.41) is 12.2. The van der Waals surface area contributed by atoms with Gasteiger partial charge < -0.3 is 15.8 Å². The number of nitrogens with zero attached hydrogens (tertiary/aromatic N) is 2. The quantitative estimate of drug-likeness (QED) is 0.380. The van der Waals surface area contributed by atoms with Crippen LogP contribution in [0.4, 0.5) is 11.4 Å². The van der Waals surface area contributed by atoms with Gasteiger partial charge in [-0.1, -0.05) is 28.9 Å². The van der Waals surface area contributed by atoms with Crippen molar-refractivity contribution >= 4 is 33.1 Å². The summed E-state index contributed by atoms with van der Waals surface area (Å²) in [6, 6.07) is 14.0. The van der Waals surface area contributed by atoms with Gasteiger partial charge in [0.05, 0.1) is 11.3 Å². The van der Waals surface area contributed by atoms with Gasteiger partial charge in [0.2, 0.25) is 0 Å². The molecule has 0 heterocycles. The molecule has 0 aromatic heterocycles. The number of nitrogens with two attached hydrogens (primary N) is 1. The second-order valence-corrected chi connectivity index (χ2v) is 5.55. The summed E-state index contributed by atoms with van der Waals surface area (Å²) in [5.41, 5.74) is 9.68. The number of amidine groups is 1. The number of benzene rings is 2. The van der Waals surface area contributed by atoms with E-state index in [-0.39, 0.29) is 5.84 Å². The van der Waals surface area contributed by atoms with Crippen molar-refractivity contribution in [2.45, 2.75) is 13.8 Å². The monoisotopic (exact) mass is 347 g/mol. The third-order valence-electron chi connectivity index (χ3n) is 3.31. The average Bonchev–Trinajstić information content (AvgIpc) is 2.49. The van der Waals surface area contributed by atoms with Crippen molar-refractivity contribution in [2.75, 3.05) is 11.4 Å². The molecule has 5 heteroatoms. The van der Waals surface area contributed by atoms with Crippen molar-refractivity contribution in [3.05, 3.63) is 58.1 Å². The third kappa shape index (κ3) is 3.19. The Hall–Kier alpha value is -2.01. The normalized spacial score (nSPS) is 11.5. The molecule has 4 nitrogen and oxygen atoms in total. The molecule has 0 unspecified atom stereocenters. The van der Waals surface area contributed by atoms with Crippen LogP contribution < -0.4 is 10.6 Å². The summed E-state index contributed by atoms with van der Waals surface area (Å²) < 4.78 is 0.792. The lowest BCUT2D eigenvalue weighted by Crippen LogP contribution is -2.23. The van der Waals surface area contributed by atoms with Crippen LogP contribution in [0.5, 0.6) is 0 Å². The lowest BCUT2D eigenvalue weighted by atomic mass is 10.1. The smallest absolute Gasteiger partial charge is 0.173 e. The van der Waals surface area contributed by atoms with Gasteiger partial charge in [0.15, 0.2) is 5.84 Å². The fourth-order valence-electron chi connectivity index (χ4n) is 2.26. The van der Waals surface area contributed by atoms with Crippen LogP contribution in [-0.2, 0) is 0 Å². The fraction of sp³-hybridized carbons (Fsp3) is 0.188. The van der Waals surface area contributed by atoms with Crippen molar-refractivity contribution < 1.29 is 5.21 Å². The molecule has 2 rings (SSSR count). The molecule has 0 spiro atoms. The minimum atomic E-state index is 0.0861. The number of hydrogen-bond acceptors (Lipinski definition) is 3. The maximum absolute atomic E-state index is 9.02. The zero-order valence-corrected chi connectivity index (χ0v) is 13.6. The Bertz CT molecular complexity index is 653. The summed E-state index contributed by atoms with van der Waals surface area (Å²) in [6.45, 7) is 4.89. The minimum Gasteiger partial charge on any atom is -0.409 e. The first-order chi connectivity index (χ1) is 10.1. The Morgan fingerprint density at radius 2 is 1.90 bits per heavy atom. The SMILES string of the molecule is CCN(c1ccc(C)cc1)c1cccc(Br)c1/C(N)=N/O. The van der Waals surface area contributed by atoms with Crippen molar-refractivity contribution in [3.63, 3.8) is 0 Å². The molecule has 0 aliphatic carbocycles. The highest BCUT2D eigenvalue weighted by Gasteiger charge is 2.17. The highest BCUT2D eigenvalue weighted by atomic mass is 79.9. The molecular formula is C16H18BrN3O. The largest absolute Gasteiger partial charge is 0.409 e. The van der Waals surface area contributed by atoms with Crippen LogP contribution in [0.3, 0.4) is 0 Å². The van der Waals surface area contributed by atoms with E-state index in [1.165, 1.54) is 5.56 Å². The van der Waals surface area contributed by atoms with E-state index < -0.39 is 0 Å². The van der Waals surface area contributed by atoms with Crippen molar-refractivity contribution in [3.8, 4) is 0 Å². The summed E-state index contributed by atoms with van der Waals surface area (Å²) in [6.07, 6.45) is 0. The van der Waals surface area contributed by atoms with Crippen LogP contribution in [0.25, 0.3) is 0 Å². The first kappa shape index (κ1) is 15.4. The Kier molecular flexibility index (Phi) is 4.85. The van der Waals surface area contributed by atoms with Crippen LogP contribution in [-0.4, -0.2) is 17.6 Å². The fourth-order valence-corrected chi connectivity index (χ4v) is 2.82. The lowest BCUT2D eigenvalue weighted by molar-refractivity contribution is 0.318. The first-order valence-corrected chi connectivity index (χ1v) is 7.48. The highest BCUT2D eigenvalue weighted by molar-refractivity contribution is 9.10. The van der Waals surface area contributed by atoms with E-state index in [1.54, 1.807) is 0 Å². The van der Waals surface area contributed by atoms with E-state index in [4.69, 9.17) is 10.9 Å². The molecular weight excluding hydrogens is 330 g/mol. The van der Waals surface area contributed by atoms with E-state index >= 15 is 0 Å². The maximum atomic E-state index is 9.02. The van der Waals surface area contributed by atoms with Crippen LogP contribution in [0.2, 0.25) is 0 Å². The van der Waals surface area contributed by atoms with E-state index in [9.17, 15) is 0 Å². The first-order valence-electron chi connectivity index (χ1n) is 6.69. The van der Waals surface area contributed by atoms with Crippen LogP contribution >= 0.6 is 15.9 Å². The molecule has 0 aliphatic rings. The molecule has 0 radical (unpaired) electrons. The molecule has 2 aromatic rings. The lowest BCUT2D eigenvalue weighted by Gasteiger charge is -2.26. The van der Waals surface area contributed by atoms with Crippen LogP contribution in [0.1, 0.15) is 18.1 Å². The summed E-state index contributed by atoms with van der Waals surface area (Å²) in [4.78, 5) is 2.12. The number of oxime groups is 1. The molecule has 0 saturated carbocycles. The van der Waals surface area contributed by atoms with Crippen molar-refractivity contribution in [2.24, 2.45) is 10.9 Å². The van der Waals surface area contributed by atoms with Gasteiger partial charge in [-0.25, -0.2) is 0 Å². The maximum Gasteiger partial charge on any atom is 0.173 e. The molecule has 0 bridgehead atoms. The number of halogens is 1. The molecule has 0 aliphatic heterocycles. The zero-order valence-electron chi connectivity index (χ0n) is 12.0. The third-order valence-corrected chi connectivity index (χ3v) is 3.97. The summed E-state index contributed by atoms with van der Waals surface area (Å²) >= 11 is 3.47. The predicted molar refractivity (Wildman–Crippen MR) is 90.5 cm³/mol. The number of hydrogen-bond donors (Lipinski definition) is 2. The predicted octanol–water partition coefficient (Wildman–Crippen LogP) is 4.01. The number of aryl methyl sites for hydroxylation is 1. The molecule has 0 atom stereocenters. The van der Waals surface area contributed by atoms with Crippen molar-refractivity contribution in [1.29, 1.82) is 0 Å². The Balaban J connectivity index is 2.57. The van der Waals surface area contributed by atoms with Gasteiger partial charge in [-0.05, 0) is 54.0 Å². The zero-order chi connectivity index (χ0) is 15.4. The molecule has 21 heavy (non-hydrogen) atoms.